The quantitative estimate of drug-likeness (QED) is 0.756. The van der Waals surface area contributed by atoms with E-state index in [1.54, 1.807) is 32.9 Å². The van der Waals surface area contributed by atoms with Crippen molar-refractivity contribution in [3.05, 3.63) is 23.8 Å². The highest BCUT2D eigenvalue weighted by Crippen LogP contribution is 2.25. The molecule has 0 aliphatic heterocycles. The van der Waals surface area contributed by atoms with Gasteiger partial charge in [-0.25, -0.2) is 4.79 Å². The Morgan fingerprint density at radius 1 is 1.12 bits per heavy atom. The van der Waals surface area contributed by atoms with Gasteiger partial charge in [-0.2, -0.15) is 0 Å². The van der Waals surface area contributed by atoms with Crippen LogP contribution in [0.25, 0.3) is 0 Å². The van der Waals surface area contributed by atoms with Crippen molar-refractivity contribution < 1.29 is 23.9 Å². The van der Waals surface area contributed by atoms with E-state index in [9.17, 15) is 14.4 Å². The first-order valence-corrected chi connectivity index (χ1v) is 8.42. The lowest BCUT2D eigenvalue weighted by molar-refractivity contribution is -0.156. The number of esters is 1. The fraction of sp³-hybridized carbons (Fsp3) is 0.526. The minimum Gasteiger partial charge on any atom is -0.495 e. The summed E-state index contributed by atoms with van der Waals surface area (Å²) < 4.78 is 10.4. The predicted octanol–water partition coefficient (Wildman–Crippen LogP) is 2.42. The summed E-state index contributed by atoms with van der Waals surface area (Å²) in [5.74, 6) is -0.935. The summed E-state index contributed by atoms with van der Waals surface area (Å²) in [5.41, 5.74) is 0.818. The molecule has 2 amide bonds. The molecule has 1 rings (SSSR count). The van der Waals surface area contributed by atoms with Crippen LogP contribution in [0.3, 0.4) is 0 Å². The number of carbonyl (C=O) groups excluding carboxylic acids is 3. The van der Waals surface area contributed by atoms with Crippen LogP contribution in [0.1, 0.15) is 40.2 Å². The van der Waals surface area contributed by atoms with Gasteiger partial charge >= 0.3 is 5.97 Å². The summed E-state index contributed by atoms with van der Waals surface area (Å²) in [7, 11) is 1.50. The molecular weight excluding hydrogens is 336 g/mol. The monoisotopic (exact) mass is 364 g/mol. The number of amides is 2. The molecular formula is C19H28N2O5. The Balaban J connectivity index is 2.68. The van der Waals surface area contributed by atoms with Gasteiger partial charge in [0.25, 0.3) is 5.91 Å². The minimum atomic E-state index is -1.03. The van der Waals surface area contributed by atoms with E-state index in [4.69, 9.17) is 9.47 Å². The van der Waals surface area contributed by atoms with E-state index in [1.165, 1.54) is 21.0 Å². The van der Waals surface area contributed by atoms with E-state index in [2.05, 4.69) is 10.6 Å². The molecule has 26 heavy (non-hydrogen) atoms. The standard InChI is InChI=1S/C19H28N2O5/c1-11-8-9-15(25-7)14(10-11)21-16(22)13(3)26-17(23)12(2)20-18(24)19(4,5)6/h8-10,12-13H,1-7H3,(H,20,24)(H,21,22). The molecule has 0 aliphatic carbocycles. The Bertz CT molecular complexity index is 679. The Kier molecular flexibility index (Phi) is 7.18. The first-order valence-electron chi connectivity index (χ1n) is 8.42. The molecule has 0 saturated heterocycles. The Morgan fingerprint density at radius 3 is 2.27 bits per heavy atom. The molecule has 1 aromatic carbocycles. The van der Waals surface area contributed by atoms with Crippen LogP contribution >= 0.6 is 0 Å². The van der Waals surface area contributed by atoms with Gasteiger partial charge in [-0.1, -0.05) is 26.8 Å². The van der Waals surface area contributed by atoms with Crippen LogP contribution in [0.2, 0.25) is 0 Å². The van der Waals surface area contributed by atoms with E-state index < -0.39 is 29.4 Å². The van der Waals surface area contributed by atoms with Crippen molar-refractivity contribution in [1.82, 2.24) is 5.32 Å². The first kappa shape index (κ1) is 21.5. The maximum atomic E-state index is 12.3. The lowest BCUT2D eigenvalue weighted by Gasteiger charge is -2.22. The largest absolute Gasteiger partial charge is 0.495 e. The van der Waals surface area contributed by atoms with Crippen LogP contribution in [0.4, 0.5) is 5.69 Å². The van der Waals surface area contributed by atoms with Gasteiger partial charge in [-0.15, -0.1) is 0 Å². The molecule has 0 bridgehead atoms. The molecule has 0 saturated carbocycles. The smallest absolute Gasteiger partial charge is 0.329 e. The number of rotatable bonds is 6. The molecule has 0 fully saturated rings. The van der Waals surface area contributed by atoms with Gasteiger partial charge < -0.3 is 20.1 Å². The van der Waals surface area contributed by atoms with Crippen LogP contribution in [0.15, 0.2) is 18.2 Å². The average molecular weight is 364 g/mol. The normalized spacial score (nSPS) is 13.3. The fourth-order valence-corrected chi connectivity index (χ4v) is 1.96. The summed E-state index contributed by atoms with van der Waals surface area (Å²) in [6, 6.07) is 4.51. The zero-order valence-corrected chi connectivity index (χ0v) is 16.4. The first-order chi connectivity index (χ1) is 12.0. The van der Waals surface area contributed by atoms with E-state index in [0.717, 1.165) is 5.56 Å². The Labute approximate surface area is 154 Å². The summed E-state index contributed by atoms with van der Waals surface area (Å²) in [4.78, 5) is 36.3. The number of methoxy groups -OCH3 is 1. The number of ether oxygens (including phenoxy) is 2. The van der Waals surface area contributed by atoms with E-state index in [0.29, 0.717) is 11.4 Å². The van der Waals surface area contributed by atoms with Crippen molar-refractivity contribution in [2.45, 2.75) is 53.7 Å². The van der Waals surface area contributed by atoms with E-state index in [-0.39, 0.29) is 5.91 Å². The lowest BCUT2D eigenvalue weighted by Crippen LogP contribution is -2.46. The maximum Gasteiger partial charge on any atom is 0.329 e. The van der Waals surface area contributed by atoms with Crippen LogP contribution in [-0.2, 0) is 19.1 Å². The number of aryl methyl sites for hydroxylation is 1. The van der Waals surface area contributed by atoms with Crippen molar-refractivity contribution in [2.24, 2.45) is 5.41 Å². The third-order valence-electron chi connectivity index (χ3n) is 3.66. The molecule has 2 N–H and O–H groups in total. The fourth-order valence-electron chi connectivity index (χ4n) is 1.96. The molecule has 0 radical (unpaired) electrons. The van der Waals surface area contributed by atoms with Crippen LogP contribution in [0.5, 0.6) is 5.75 Å². The zero-order chi connectivity index (χ0) is 20.1. The topological polar surface area (TPSA) is 93.7 Å². The van der Waals surface area contributed by atoms with Gasteiger partial charge in [0, 0.05) is 5.41 Å². The van der Waals surface area contributed by atoms with Crippen LogP contribution in [0, 0.1) is 12.3 Å². The van der Waals surface area contributed by atoms with Crippen LogP contribution < -0.4 is 15.4 Å². The highest BCUT2D eigenvalue weighted by molar-refractivity contribution is 5.97. The van der Waals surface area contributed by atoms with Crippen molar-refractivity contribution in [2.75, 3.05) is 12.4 Å². The third-order valence-corrected chi connectivity index (χ3v) is 3.66. The molecule has 7 nitrogen and oxygen atoms in total. The Hall–Kier alpha value is -2.57. The SMILES string of the molecule is COc1ccc(C)cc1NC(=O)C(C)OC(=O)C(C)NC(=O)C(C)(C)C. The molecule has 0 aliphatic rings. The summed E-state index contributed by atoms with van der Waals surface area (Å²) in [6.45, 7) is 10.1. The number of hydrogen-bond donors (Lipinski definition) is 2. The second kappa shape index (κ2) is 8.69. The highest BCUT2D eigenvalue weighted by Gasteiger charge is 2.28. The molecule has 7 heteroatoms. The average Bonchev–Trinajstić information content (AvgIpc) is 2.53. The molecule has 2 atom stereocenters. The summed E-state index contributed by atoms with van der Waals surface area (Å²) in [6.07, 6.45) is -1.03. The number of hydrogen-bond acceptors (Lipinski definition) is 5. The van der Waals surface area contributed by atoms with Crippen molar-refractivity contribution >= 4 is 23.5 Å². The molecule has 144 valence electrons. The minimum absolute atomic E-state index is 0.274. The molecule has 0 spiro atoms. The Morgan fingerprint density at radius 2 is 1.73 bits per heavy atom. The van der Waals surface area contributed by atoms with Gasteiger partial charge in [0.2, 0.25) is 5.91 Å². The number of anilines is 1. The molecule has 2 unspecified atom stereocenters. The second-order valence-electron chi connectivity index (χ2n) is 7.22. The van der Waals surface area contributed by atoms with Crippen molar-refractivity contribution in [3.8, 4) is 5.75 Å². The highest BCUT2D eigenvalue weighted by atomic mass is 16.5. The van der Waals surface area contributed by atoms with Gasteiger partial charge in [0.05, 0.1) is 12.8 Å². The lowest BCUT2D eigenvalue weighted by atomic mass is 9.95. The second-order valence-corrected chi connectivity index (χ2v) is 7.22. The van der Waals surface area contributed by atoms with Gasteiger partial charge in [0.1, 0.15) is 11.8 Å². The van der Waals surface area contributed by atoms with E-state index >= 15 is 0 Å². The third kappa shape index (κ3) is 6.06. The summed E-state index contributed by atoms with van der Waals surface area (Å²) >= 11 is 0. The van der Waals surface area contributed by atoms with Crippen molar-refractivity contribution in [3.63, 3.8) is 0 Å². The molecule has 0 heterocycles. The van der Waals surface area contributed by atoms with Crippen molar-refractivity contribution in [1.29, 1.82) is 0 Å². The van der Waals surface area contributed by atoms with Gasteiger partial charge in [-0.05, 0) is 38.5 Å². The molecule has 1 aromatic rings. The zero-order valence-electron chi connectivity index (χ0n) is 16.4. The number of benzene rings is 1. The van der Waals surface area contributed by atoms with Gasteiger partial charge in [0.15, 0.2) is 6.10 Å². The van der Waals surface area contributed by atoms with Crippen LogP contribution in [-0.4, -0.2) is 37.0 Å². The predicted molar refractivity (Wildman–Crippen MR) is 99.0 cm³/mol. The molecule has 0 aromatic heterocycles. The maximum absolute atomic E-state index is 12.3. The summed E-state index contributed by atoms with van der Waals surface area (Å²) in [5, 5.41) is 5.26. The number of carbonyl (C=O) groups is 3. The van der Waals surface area contributed by atoms with Gasteiger partial charge in [-0.3, -0.25) is 9.59 Å². The van der Waals surface area contributed by atoms with E-state index in [1.807, 2.05) is 13.0 Å². The number of nitrogens with one attached hydrogen (secondary N) is 2.